The first-order valence-corrected chi connectivity index (χ1v) is 19.2. The van der Waals surface area contributed by atoms with Crippen molar-refractivity contribution in [3.05, 3.63) is 139 Å². The van der Waals surface area contributed by atoms with Gasteiger partial charge in [0.05, 0.1) is 17.2 Å². The van der Waals surface area contributed by atoms with Crippen LogP contribution in [0.15, 0.2) is 132 Å². The van der Waals surface area contributed by atoms with Crippen molar-refractivity contribution < 1.29 is 4.42 Å². The first kappa shape index (κ1) is 33.7. The number of nitriles is 1. The van der Waals surface area contributed by atoms with Crippen molar-refractivity contribution in [2.24, 2.45) is 11.8 Å². The molecule has 2 aromatic heterocycles. The maximum absolute atomic E-state index is 10.4. The fraction of sp³-hybridized carbons (Fsp3) is 0.224. The highest BCUT2D eigenvalue weighted by Gasteiger charge is 2.36. The molecule has 3 atom stereocenters. The second kappa shape index (κ2) is 13.7. The summed E-state index contributed by atoms with van der Waals surface area (Å²) in [6.07, 6.45) is 6.24. The van der Waals surface area contributed by atoms with Crippen molar-refractivity contribution >= 4 is 32.7 Å². The van der Waals surface area contributed by atoms with E-state index in [9.17, 15) is 5.26 Å². The molecule has 2 heterocycles. The second-order valence-electron chi connectivity index (χ2n) is 15.4. The largest absolute Gasteiger partial charge is 0.455 e. The molecule has 8 aromatic rings. The van der Waals surface area contributed by atoms with Crippen LogP contribution in [-0.2, 0) is 5.41 Å². The average Bonchev–Trinajstić information content (AvgIpc) is 3.53. The molecule has 0 amide bonds. The molecule has 0 radical (unpaired) electrons. The molecule has 5 nitrogen and oxygen atoms in total. The van der Waals surface area contributed by atoms with Crippen LogP contribution in [0.2, 0.25) is 0 Å². The van der Waals surface area contributed by atoms with Gasteiger partial charge in [0.25, 0.3) is 0 Å². The van der Waals surface area contributed by atoms with Crippen LogP contribution in [0.4, 0.5) is 0 Å². The summed E-state index contributed by atoms with van der Waals surface area (Å²) in [5.74, 6) is 3.01. The highest BCUT2D eigenvalue weighted by Crippen LogP contribution is 2.46. The van der Waals surface area contributed by atoms with Gasteiger partial charge in [0.1, 0.15) is 11.2 Å². The molecule has 1 aliphatic carbocycles. The Morgan fingerprint density at radius 3 is 1.96 bits per heavy atom. The minimum absolute atomic E-state index is 0.202. The van der Waals surface area contributed by atoms with E-state index in [0.717, 1.165) is 78.8 Å². The Hall–Kier alpha value is -6.12. The van der Waals surface area contributed by atoms with Crippen LogP contribution in [0.25, 0.3) is 78.0 Å². The maximum atomic E-state index is 10.4. The number of para-hydroxylation sites is 2. The molecule has 5 heteroatoms. The number of rotatable bonds is 6. The summed E-state index contributed by atoms with van der Waals surface area (Å²) < 4.78 is 6.43. The van der Waals surface area contributed by atoms with Gasteiger partial charge < -0.3 is 4.42 Å². The summed E-state index contributed by atoms with van der Waals surface area (Å²) in [6.45, 7) is 7.21. The summed E-state index contributed by atoms with van der Waals surface area (Å²) in [7, 11) is 0. The van der Waals surface area contributed by atoms with E-state index in [1.165, 1.54) is 31.2 Å². The monoisotopic (exact) mass is 702 g/mol. The van der Waals surface area contributed by atoms with Crippen LogP contribution < -0.4 is 0 Å². The third-order valence-corrected chi connectivity index (χ3v) is 11.8. The minimum Gasteiger partial charge on any atom is -0.455 e. The van der Waals surface area contributed by atoms with Gasteiger partial charge in [0.2, 0.25) is 0 Å². The highest BCUT2D eigenvalue weighted by atomic mass is 16.3. The minimum atomic E-state index is 0.202. The summed E-state index contributed by atoms with van der Waals surface area (Å²) in [5.41, 5.74) is 8.40. The number of nitrogens with zero attached hydrogens (tertiary/aromatic N) is 4. The SMILES string of the molecule is CCC1(c2ccc(-c3cccc4c(-c5nc(-c6ccccc6)nc(-c6cccc7c6oc6ccccc67)n5)cc(C#N)cc34)cc2)C[C@H](C)CC[C@H](C)C1. The molecule has 0 spiro atoms. The predicted molar refractivity (Wildman–Crippen MR) is 220 cm³/mol. The maximum Gasteiger partial charge on any atom is 0.167 e. The van der Waals surface area contributed by atoms with Crippen LogP contribution in [0.5, 0.6) is 0 Å². The van der Waals surface area contributed by atoms with Gasteiger partial charge >= 0.3 is 0 Å². The molecule has 264 valence electrons. The standard InChI is InChI=1S/C49H42N4O/c1-4-49(28-31(2)20-21-32(3)29-49)36-24-22-34(23-25-36)37-15-10-16-38-42(37)26-33(30-50)27-43(38)48-52-46(35-12-6-5-7-13-35)51-47(53-48)41-18-11-17-40-39-14-8-9-19-44(39)54-45(40)41/h5-19,22-27,31-32H,4,20-21,28-29H2,1-3H3/t31-,32+,49?. The smallest absolute Gasteiger partial charge is 0.167 e. The van der Waals surface area contributed by atoms with Gasteiger partial charge in [-0.3, -0.25) is 0 Å². The number of benzene rings is 6. The zero-order valence-corrected chi connectivity index (χ0v) is 31.0. The Morgan fingerprint density at radius 2 is 1.24 bits per heavy atom. The topological polar surface area (TPSA) is 75.6 Å². The fourth-order valence-corrected chi connectivity index (χ4v) is 9.07. The van der Waals surface area contributed by atoms with Gasteiger partial charge in [-0.15, -0.1) is 0 Å². The molecule has 1 fully saturated rings. The number of furan rings is 1. The van der Waals surface area contributed by atoms with E-state index in [4.69, 9.17) is 19.4 Å². The van der Waals surface area contributed by atoms with Gasteiger partial charge in [0.15, 0.2) is 17.5 Å². The summed E-state index contributed by atoms with van der Waals surface area (Å²) >= 11 is 0. The number of fused-ring (bicyclic) bond motifs is 4. The van der Waals surface area contributed by atoms with Gasteiger partial charge in [-0.2, -0.15) is 5.26 Å². The number of hydrogen-bond acceptors (Lipinski definition) is 5. The molecule has 54 heavy (non-hydrogen) atoms. The van der Waals surface area contributed by atoms with Gasteiger partial charge in [-0.05, 0) is 88.2 Å². The lowest BCUT2D eigenvalue weighted by molar-refractivity contribution is 0.295. The lowest BCUT2D eigenvalue weighted by Crippen LogP contribution is -2.28. The van der Waals surface area contributed by atoms with Crippen molar-refractivity contribution in [1.82, 2.24) is 15.0 Å². The van der Waals surface area contributed by atoms with E-state index in [-0.39, 0.29) is 5.41 Å². The Bertz CT molecular complexity index is 2690. The van der Waals surface area contributed by atoms with E-state index in [2.05, 4.69) is 81.4 Å². The van der Waals surface area contributed by atoms with Crippen molar-refractivity contribution in [1.29, 1.82) is 5.26 Å². The molecule has 0 N–H and O–H groups in total. The third kappa shape index (κ3) is 5.93. The zero-order valence-electron chi connectivity index (χ0n) is 31.0. The molecule has 1 unspecified atom stereocenters. The molecule has 1 aliphatic rings. The van der Waals surface area contributed by atoms with E-state index >= 15 is 0 Å². The predicted octanol–water partition coefficient (Wildman–Crippen LogP) is 13.0. The van der Waals surface area contributed by atoms with E-state index in [1.54, 1.807) is 0 Å². The Kier molecular flexibility index (Phi) is 8.55. The highest BCUT2D eigenvalue weighted by molar-refractivity contribution is 6.09. The second-order valence-corrected chi connectivity index (χ2v) is 15.4. The first-order chi connectivity index (χ1) is 26.4. The summed E-state index contributed by atoms with van der Waals surface area (Å²) in [5, 5.41) is 14.4. The molecule has 0 aliphatic heterocycles. The van der Waals surface area contributed by atoms with Crippen LogP contribution in [0, 0.1) is 23.2 Å². The Labute approximate surface area is 316 Å². The summed E-state index contributed by atoms with van der Waals surface area (Å²) in [6, 6.07) is 46.1. The van der Waals surface area contributed by atoms with Crippen LogP contribution in [0.3, 0.4) is 0 Å². The van der Waals surface area contributed by atoms with E-state index in [0.29, 0.717) is 23.0 Å². The first-order valence-electron chi connectivity index (χ1n) is 19.2. The lowest BCUT2D eigenvalue weighted by atomic mass is 9.69. The normalized spacial score (nSPS) is 18.9. The van der Waals surface area contributed by atoms with Crippen molar-refractivity contribution in [3.63, 3.8) is 0 Å². The van der Waals surface area contributed by atoms with Gasteiger partial charge in [0, 0.05) is 21.9 Å². The van der Waals surface area contributed by atoms with Crippen molar-refractivity contribution in [3.8, 4) is 51.4 Å². The molecule has 1 saturated carbocycles. The number of aromatic nitrogens is 3. The molecule has 0 bridgehead atoms. The third-order valence-electron chi connectivity index (χ3n) is 11.8. The van der Waals surface area contributed by atoms with Crippen molar-refractivity contribution in [2.75, 3.05) is 0 Å². The fourth-order valence-electron chi connectivity index (χ4n) is 9.07. The lowest BCUT2D eigenvalue weighted by Gasteiger charge is -2.35. The molecule has 9 rings (SSSR count). The molecular formula is C49H42N4O. The molecule has 6 aromatic carbocycles. The van der Waals surface area contributed by atoms with E-state index < -0.39 is 0 Å². The number of hydrogen-bond donors (Lipinski definition) is 0. The molecular weight excluding hydrogens is 661 g/mol. The van der Waals surface area contributed by atoms with E-state index in [1.807, 2.05) is 72.8 Å². The Morgan fingerprint density at radius 1 is 0.611 bits per heavy atom. The van der Waals surface area contributed by atoms with Gasteiger partial charge in [-0.25, -0.2) is 15.0 Å². The van der Waals surface area contributed by atoms with Crippen LogP contribution in [-0.4, -0.2) is 15.0 Å². The van der Waals surface area contributed by atoms with Gasteiger partial charge in [-0.1, -0.05) is 137 Å². The van der Waals surface area contributed by atoms with Crippen molar-refractivity contribution in [2.45, 2.75) is 58.3 Å². The van der Waals surface area contributed by atoms with Crippen LogP contribution >= 0.6 is 0 Å². The Balaban J connectivity index is 1.21. The van der Waals surface area contributed by atoms with Crippen LogP contribution in [0.1, 0.15) is 64.0 Å². The zero-order chi connectivity index (χ0) is 36.8. The quantitative estimate of drug-likeness (QED) is 0.161. The summed E-state index contributed by atoms with van der Waals surface area (Å²) in [4.78, 5) is 15.3. The molecule has 0 saturated heterocycles. The average molecular weight is 703 g/mol.